The first-order valence-electron chi connectivity index (χ1n) is 13.1. The Balaban J connectivity index is 1.43. The molecule has 38 heavy (non-hydrogen) atoms. The highest BCUT2D eigenvalue weighted by Crippen LogP contribution is 2.44. The van der Waals surface area contributed by atoms with Gasteiger partial charge in [-0.25, -0.2) is 0 Å². The van der Waals surface area contributed by atoms with Crippen LogP contribution in [-0.2, 0) is 9.31 Å². The number of benzene rings is 6. The van der Waals surface area contributed by atoms with Crippen LogP contribution in [0.15, 0.2) is 128 Å². The monoisotopic (exact) mass is 490 g/mol. The van der Waals surface area contributed by atoms with Crippen molar-refractivity contribution in [3.05, 3.63) is 128 Å². The van der Waals surface area contributed by atoms with Crippen molar-refractivity contribution in [2.24, 2.45) is 0 Å². The fourth-order valence-electron chi connectivity index (χ4n) is 5.67. The molecule has 0 bridgehead atoms. The van der Waals surface area contributed by atoms with Gasteiger partial charge in [0.1, 0.15) is 5.60 Å². The van der Waals surface area contributed by atoms with Crippen LogP contribution in [0.4, 0.5) is 0 Å². The summed E-state index contributed by atoms with van der Waals surface area (Å²) in [7, 11) is -0.435. The highest BCUT2D eigenvalue weighted by Gasteiger charge is 2.42. The molecule has 0 amide bonds. The van der Waals surface area contributed by atoms with E-state index in [9.17, 15) is 0 Å². The summed E-state index contributed by atoms with van der Waals surface area (Å²) in [6.07, 6.45) is 0. The Labute approximate surface area is 223 Å². The molecule has 7 rings (SSSR count). The van der Waals surface area contributed by atoms with Crippen LogP contribution >= 0.6 is 0 Å². The molecule has 1 saturated heterocycles. The first-order chi connectivity index (χ1) is 18.5. The molecule has 0 atom stereocenters. The van der Waals surface area contributed by atoms with E-state index < -0.39 is 12.7 Å². The topological polar surface area (TPSA) is 18.5 Å². The van der Waals surface area contributed by atoms with Gasteiger partial charge in [-0.2, -0.15) is 0 Å². The molecule has 6 aromatic rings. The fourth-order valence-corrected chi connectivity index (χ4v) is 5.67. The third-order valence-corrected chi connectivity index (χ3v) is 7.76. The minimum absolute atomic E-state index is 0.435. The Hall–Kier alpha value is -4.34. The van der Waals surface area contributed by atoms with Crippen molar-refractivity contribution in [2.75, 3.05) is 0 Å². The highest BCUT2D eigenvalue weighted by molar-refractivity contribution is 6.62. The Morgan fingerprint density at radius 2 is 1.08 bits per heavy atom. The molecule has 1 fully saturated rings. The van der Waals surface area contributed by atoms with E-state index in [2.05, 4.69) is 122 Å². The number of hydrogen-bond acceptors (Lipinski definition) is 2. The van der Waals surface area contributed by atoms with Gasteiger partial charge in [-0.3, -0.25) is 0 Å². The minimum atomic E-state index is -0.492. The quantitative estimate of drug-likeness (QED) is 0.183. The van der Waals surface area contributed by atoms with Gasteiger partial charge in [-0.1, -0.05) is 116 Å². The Morgan fingerprint density at radius 3 is 1.63 bits per heavy atom. The van der Waals surface area contributed by atoms with Crippen LogP contribution in [0, 0.1) is 0 Å². The standard InChI is InChI=1S/C35H27BO2/c1-23-35(2,3)38-36(37-23)28-20-18-25(19-21-28)33-29-12-6-8-14-31(29)34(32-15-9-7-13-30(32)33)27-17-16-24-10-4-5-11-26(24)22-27/h4-22H,1H2,2-3H3. The second kappa shape index (κ2) is 8.61. The zero-order valence-electron chi connectivity index (χ0n) is 21.6. The molecule has 0 aliphatic carbocycles. The number of fused-ring (bicyclic) bond motifs is 3. The molecular weight excluding hydrogens is 463 g/mol. The lowest BCUT2D eigenvalue weighted by molar-refractivity contribution is 0.173. The van der Waals surface area contributed by atoms with Gasteiger partial charge in [0.25, 0.3) is 0 Å². The second-order valence-electron chi connectivity index (χ2n) is 10.5. The maximum absolute atomic E-state index is 6.11. The Kier molecular flexibility index (Phi) is 5.17. The van der Waals surface area contributed by atoms with E-state index in [1.165, 1.54) is 54.6 Å². The summed E-state index contributed by atoms with van der Waals surface area (Å²) in [5.41, 5.74) is 5.41. The van der Waals surface area contributed by atoms with Crippen molar-refractivity contribution in [3.63, 3.8) is 0 Å². The van der Waals surface area contributed by atoms with E-state index in [0.717, 1.165) is 5.46 Å². The van der Waals surface area contributed by atoms with Gasteiger partial charge in [0, 0.05) is 0 Å². The molecule has 6 aromatic carbocycles. The van der Waals surface area contributed by atoms with Gasteiger partial charge in [0.15, 0.2) is 0 Å². The third kappa shape index (κ3) is 3.62. The normalized spacial score (nSPS) is 14.9. The average Bonchev–Trinajstić information content (AvgIpc) is 3.23. The van der Waals surface area contributed by atoms with Gasteiger partial charge >= 0.3 is 7.12 Å². The van der Waals surface area contributed by atoms with E-state index in [-0.39, 0.29) is 0 Å². The van der Waals surface area contributed by atoms with E-state index in [4.69, 9.17) is 9.31 Å². The smallest absolute Gasteiger partial charge is 0.534 e. The molecule has 1 heterocycles. The van der Waals surface area contributed by atoms with Gasteiger partial charge < -0.3 is 9.31 Å². The minimum Gasteiger partial charge on any atom is -0.534 e. The molecule has 0 spiro atoms. The maximum Gasteiger partial charge on any atom is 0.563 e. The summed E-state index contributed by atoms with van der Waals surface area (Å²) in [6.45, 7) is 7.99. The SMILES string of the molecule is C=C1OB(c2ccc(-c3c4ccccc4c(-c4ccc5ccccc5c4)c4ccccc34)cc2)OC1(C)C. The lowest BCUT2D eigenvalue weighted by Crippen LogP contribution is -2.34. The van der Waals surface area contributed by atoms with Crippen LogP contribution in [0.3, 0.4) is 0 Å². The fraction of sp³-hybridized carbons (Fsp3) is 0.0857. The number of rotatable bonds is 3. The highest BCUT2D eigenvalue weighted by atomic mass is 16.7. The lowest BCUT2D eigenvalue weighted by atomic mass is 9.78. The predicted octanol–water partition coefficient (Wildman–Crippen LogP) is 8.51. The maximum atomic E-state index is 6.11. The van der Waals surface area contributed by atoms with E-state index >= 15 is 0 Å². The molecule has 1 aliphatic heterocycles. The van der Waals surface area contributed by atoms with E-state index in [1.54, 1.807) is 0 Å². The van der Waals surface area contributed by atoms with Crippen LogP contribution in [0.5, 0.6) is 0 Å². The summed E-state index contributed by atoms with van der Waals surface area (Å²) in [4.78, 5) is 0. The first kappa shape index (κ1) is 22.8. The third-order valence-electron chi connectivity index (χ3n) is 7.76. The van der Waals surface area contributed by atoms with Gasteiger partial charge in [0.2, 0.25) is 0 Å². The molecule has 0 aromatic heterocycles. The molecule has 3 heteroatoms. The van der Waals surface area contributed by atoms with Gasteiger partial charge in [-0.05, 0) is 79.9 Å². The summed E-state index contributed by atoms with van der Waals surface area (Å²) in [6, 6.07) is 41.4. The molecule has 0 saturated carbocycles. The summed E-state index contributed by atoms with van der Waals surface area (Å²) < 4.78 is 12.0. The zero-order chi connectivity index (χ0) is 25.9. The Bertz CT molecular complexity index is 1810. The molecule has 0 unspecified atom stereocenters. The van der Waals surface area contributed by atoms with Crippen LogP contribution < -0.4 is 5.46 Å². The number of hydrogen-bond donors (Lipinski definition) is 0. The van der Waals surface area contributed by atoms with Gasteiger partial charge in [-0.15, -0.1) is 0 Å². The van der Waals surface area contributed by atoms with Crippen molar-refractivity contribution in [2.45, 2.75) is 19.4 Å². The van der Waals surface area contributed by atoms with Crippen LogP contribution in [0.1, 0.15) is 13.8 Å². The summed E-state index contributed by atoms with van der Waals surface area (Å²) >= 11 is 0. The molecule has 0 N–H and O–H groups in total. The van der Waals surface area contributed by atoms with Crippen molar-refractivity contribution in [1.82, 2.24) is 0 Å². The average molecular weight is 490 g/mol. The van der Waals surface area contributed by atoms with Crippen LogP contribution in [-0.4, -0.2) is 12.7 Å². The van der Waals surface area contributed by atoms with Crippen molar-refractivity contribution in [3.8, 4) is 22.3 Å². The lowest BCUT2D eigenvalue weighted by Gasteiger charge is -2.18. The molecule has 2 nitrogen and oxygen atoms in total. The zero-order valence-corrected chi connectivity index (χ0v) is 21.6. The van der Waals surface area contributed by atoms with E-state index in [0.29, 0.717) is 5.76 Å². The molecule has 0 radical (unpaired) electrons. The van der Waals surface area contributed by atoms with Crippen LogP contribution in [0.25, 0.3) is 54.6 Å². The molecule has 182 valence electrons. The Morgan fingerprint density at radius 1 is 0.579 bits per heavy atom. The van der Waals surface area contributed by atoms with Crippen LogP contribution in [0.2, 0.25) is 0 Å². The van der Waals surface area contributed by atoms with E-state index in [1.807, 2.05) is 13.8 Å². The summed E-state index contributed by atoms with van der Waals surface area (Å²) in [5.74, 6) is 0.660. The molecular formula is C35H27BO2. The predicted molar refractivity (Wildman–Crippen MR) is 161 cm³/mol. The van der Waals surface area contributed by atoms with Crippen molar-refractivity contribution < 1.29 is 9.31 Å². The molecule has 1 aliphatic rings. The first-order valence-corrected chi connectivity index (χ1v) is 13.1. The summed E-state index contributed by atoms with van der Waals surface area (Å²) in [5, 5.41) is 7.49. The van der Waals surface area contributed by atoms with Crippen molar-refractivity contribution in [1.29, 1.82) is 0 Å². The van der Waals surface area contributed by atoms with Crippen molar-refractivity contribution >= 4 is 44.9 Å². The second-order valence-corrected chi connectivity index (χ2v) is 10.5. The van der Waals surface area contributed by atoms with Gasteiger partial charge in [0.05, 0.1) is 5.76 Å². The largest absolute Gasteiger partial charge is 0.563 e.